The minimum absolute atomic E-state index is 0.0380. The minimum Gasteiger partial charge on any atom is -0.368 e. The monoisotopic (exact) mass is 330 g/mol. The first-order chi connectivity index (χ1) is 11.2. The molecule has 2 aliphatic rings. The number of imidazole rings is 1. The van der Waals surface area contributed by atoms with Gasteiger partial charge in [0, 0.05) is 5.02 Å². The number of aromatic amines is 1. The van der Waals surface area contributed by atoms with Gasteiger partial charge in [-0.15, -0.1) is 5.11 Å². The standard InChI is InChI=1S/C15H15ClN6O/c16-11-7-9(2-1-8(11)3-5-17)22-12-10-4-6-18-13(10)20-21-14(12)19-15(22)23/h1-2,4,6-7,10,13,18H,3,5,17H2,(H,19,23). The highest BCUT2D eigenvalue weighted by Crippen LogP contribution is 2.37. The zero-order chi connectivity index (χ0) is 16.0. The number of hydrogen-bond donors (Lipinski definition) is 3. The van der Waals surface area contributed by atoms with Gasteiger partial charge in [-0.2, -0.15) is 5.11 Å². The lowest BCUT2D eigenvalue weighted by Crippen LogP contribution is -2.27. The summed E-state index contributed by atoms with van der Waals surface area (Å²) in [6.07, 6.45) is 4.35. The molecule has 0 spiro atoms. The molecule has 2 aromatic rings. The predicted octanol–water partition coefficient (Wildman–Crippen LogP) is 1.94. The van der Waals surface area contributed by atoms with Crippen LogP contribution in [-0.2, 0) is 6.42 Å². The topological polar surface area (TPSA) is 101 Å². The van der Waals surface area contributed by atoms with Crippen molar-refractivity contribution >= 4 is 17.4 Å². The third kappa shape index (κ3) is 2.20. The largest absolute Gasteiger partial charge is 0.368 e. The van der Waals surface area contributed by atoms with Gasteiger partial charge in [-0.3, -0.25) is 9.55 Å². The van der Waals surface area contributed by atoms with Gasteiger partial charge in [0.05, 0.1) is 17.3 Å². The summed E-state index contributed by atoms with van der Waals surface area (Å²) < 4.78 is 1.61. The molecule has 2 atom stereocenters. The lowest BCUT2D eigenvalue weighted by Gasteiger charge is -2.20. The number of benzene rings is 1. The van der Waals surface area contributed by atoms with Crippen LogP contribution in [0.1, 0.15) is 17.2 Å². The van der Waals surface area contributed by atoms with Gasteiger partial charge in [0.15, 0.2) is 12.0 Å². The second kappa shape index (κ2) is 5.36. The fourth-order valence-corrected chi connectivity index (χ4v) is 3.31. The minimum atomic E-state index is -0.252. The number of fused-ring (bicyclic) bond motifs is 3. The molecule has 0 aliphatic carbocycles. The molecule has 0 radical (unpaired) electrons. The van der Waals surface area contributed by atoms with Crippen LogP contribution in [-0.4, -0.2) is 22.3 Å². The number of aromatic nitrogens is 2. The van der Waals surface area contributed by atoms with Gasteiger partial charge in [-0.25, -0.2) is 4.79 Å². The van der Waals surface area contributed by atoms with E-state index in [-0.39, 0.29) is 17.8 Å². The Kier molecular flexibility index (Phi) is 3.32. The van der Waals surface area contributed by atoms with E-state index in [2.05, 4.69) is 20.5 Å². The summed E-state index contributed by atoms with van der Waals surface area (Å²) in [5, 5.41) is 12.0. The van der Waals surface area contributed by atoms with E-state index in [1.807, 2.05) is 24.4 Å². The van der Waals surface area contributed by atoms with Crippen LogP contribution in [0.4, 0.5) is 5.82 Å². The van der Waals surface area contributed by atoms with Gasteiger partial charge in [0.2, 0.25) is 0 Å². The normalized spacial score (nSPS) is 21.1. The number of nitrogens with two attached hydrogens (primary N) is 1. The molecule has 0 saturated heterocycles. The number of nitrogens with zero attached hydrogens (tertiary/aromatic N) is 3. The smallest absolute Gasteiger partial charge is 0.332 e. The van der Waals surface area contributed by atoms with Crippen LogP contribution in [0.3, 0.4) is 0 Å². The Balaban J connectivity index is 1.86. The van der Waals surface area contributed by atoms with E-state index >= 15 is 0 Å². The molecule has 1 aromatic carbocycles. The molecule has 2 unspecified atom stereocenters. The Morgan fingerprint density at radius 2 is 2.26 bits per heavy atom. The maximum Gasteiger partial charge on any atom is 0.332 e. The van der Waals surface area contributed by atoms with Crippen molar-refractivity contribution in [2.45, 2.75) is 18.5 Å². The summed E-state index contributed by atoms with van der Waals surface area (Å²) in [4.78, 5) is 15.2. The van der Waals surface area contributed by atoms with E-state index in [9.17, 15) is 4.79 Å². The lowest BCUT2D eigenvalue weighted by molar-refractivity contribution is 0.539. The maximum atomic E-state index is 12.4. The first-order valence-corrected chi connectivity index (χ1v) is 7.74. The third-order valence-electron chi connectivity index (χ3n) is 4.13. The fourth-order valence-electron chi connectivity index (χ4n) is 3.04. The number of halogens is 1. The van der Waals surface area contributed by atoms with E-state index in [1.165, 1.54) is 0 Å². The summed E-state index contributed by atoms with van der Waals surface area (Å²) >= 11 is 6.32. The molecule has 23 heavy (non-hydrogen) atoms. The number of rotatable bonds is 3. The molecular formula is C15H15ClN6O. The summed E-state index contributed by atoms with van der Waals surface area (Å²) in [5.74, 6) is 0.454. The van der Waals surface area contributed by atoms with Crippen LogP contribution in [0.5, 0.6) is 0 Å². The van der Waals surface area contributed by atoms with Crippen LogP contribution in [0.15, 0.2) is 45.5 Å². The van der Waals surface area contributed by atoms with Crippen molar-refractivity contribution in [1.29, 1.82) is 0 Å². The third-order valence-corrected chi connectivity index (χ3v) is 4.48. The van der Waals surface area contributed by atoms with Crippen molar-refractivity contribution in [2.75, 3.05) is 6.54 Å². The van der Waals surface area contributed by atoms with Gasteiger partial charge in [0.1, 0.15) is 0 Å². The Morgan fingerprint density at radius 1 is 1.39 bits per heavy atom. The Bertz CT molecular complexity index is 881. The quantitative estimate of drug-likeness (QED) is 0.801. The molecule has 3 heterocycles. The average molecular weight is 331 g/mol. The Hall–Kier alpha value is -2.38. The summed E-state index contributed by atoms with van der Waals surface area (Å²) in [6.45, 7) is 0.527. The fraction of sp³-hybridized carbons (Fsp3) is 0.267. The van der Waals surface area contributed by atoms with E-state index in [0.29, 0.717) is 29.5 Å². The molecule has 2 aliphatic heterocycles. The molecule has 0 saturated carbocycles. The predicted molar refractivity (Wildman–Crippen MR) is 87.5 cm³/mol. The van der Waals surface area contributed by atoms with Crippen LogP contribution in [0, 0.1) is 0 Å². The number of azo groups is 1. The highest BCUT2D eigenvalue weighted by atomic mass is 35.5. The summed E-state index contributed by atoms with van der Waals surface area (Å²) in [6, 6.07) is 5.56. The number of hydrogen-bond acceptors (Lipinski definition) is 5. The van der Waals surface area contributed by atoms with Crippen LogP contribution >= 0.6 is 11.6 Å². The molecule has 4 N–H and O–H groups in total. The van der Waals surface area contributed by atoms with Crippen molar-refractivity contribution < 1.29 is 0 Å². The Labute approximate surface area is 136 Å². The molecule has 0 amide bonds. The number of nitrogens with one attached hydrogen (secondary N) is 2. The molecule has 4 rings (SSSR count). The molecule has 118 valence electrons. The Morgan fingerprint density at radius 3 is 3.04 bits per heavy atom. The van der Waals surface area contributed by atoms with Crippen molar-refractivity contribution in [3.8, 4) is 5.69 Å². The van der Waals surface area contributed by atoms with Gasteiger partial charge in [-0.05, 0) is 36.9 Å². The second-order valence-electron chi connectivity index (χ2n) is 5.53. The van der Waals surface area contributed by atoms with E-state index in [0.717, 1.165) is 11.3 Å². The molecule has 0 fully saturated rings. The van der Waals surface area contributed by atoms with Gasteiger partial charge < -0.3 is 11.1 Å². The number of H-pyrrole nitrogens is 1. The zero-order valence-corrected chi connectivity index (χ0v) is 12.9. The maximum absolute atomic E-state index is 12.4. The SMILES string of the molecule is NCCc1ccc(-n2c3c([nH]c2=O)N=NC2NC=CC32)cc1Cl. The first-order valence-electron chi connectivity index (χ1n) is 7.36. The summed E-state index contributed by atoms with van der Waals surface area (Å²) in [5.41, 5.74) is 7.79. The highest BCUT2D eigenvalue weighted by Gasteiger charge is 2.34. The lowest BCUT2D eigenvalue weighted by atomic mass is 10.0. The molecular weight excluding hydrogens is 316 g/mol. The van der Waals surface area contributed by atoms with Gasteiger partial charge >= 0.3 is 5.69 Å². The highest BCUT2D eigenvalue weighted by molar-refractivity contribution is 6.31. The van der Waals surface area contributed by atoms with Crippen LogP contribution < -0.4 is 16.7 Å². The van der Waals surface area contributed by atoms with Crippen molar-refractivity contribution in [3.63, 3.8) is 0 Å². The van der Waals surface area contributed by atoms with E-state index < -0.39 is 0 Å². The van der Waals surface area contributed by atoms with Crippen LogP contribution in [0.2, 0.25) is 5.02 Å². The summed E-state index contributed by atoms with van der Waals surface area (Å²) in [7, 11) is 0. The van der Waals surface area contributed by atoms with Crippen molar-refractivity contribution in [1.82, 2.24) is 14.9 Å². The zero-order valence-electron chi connectivity index (χ0n) is 12.2. The van der Waals surface area contributed by atoms with Crippen molar-refractivity contribution in [2.24, 2.45) is 16.0 Å². The van der Waals surface area contributed by atoms with E-state index in [4.69, 9.17) is 17.3 Å². The molecule has 7 nitrogen and oxygen atoms in total. The molecule has 8 heteroatoms. The second-order valence-corrected chi connectivity index (χ2v) is 5.93. The molecule has 0 bridgehead atoms. The van der Waals surface area contributed by atoms with Crippen molar-refractivity contribution in [3.05, 3.63) is 57.2 Å². The van der Waals surface area contributed by atoms with Gasteiger partial charge in [-0.1, -0.05) is 23.7 Å². The molecule has 1 aromatic heterocycles. The van der Waals surface area contributed by atoms with Gasteiger partial charge in [0.25, 0.3) is 0 Å². The van der Waals surface area contributed by atoms with Crippen LogP contribution in [0.25, 0.3) is 5.69 Å². The first kappa shape index (κ1) is 14.2. The average Bonchev–Trinajstić information content (AvgIpc) is 3.12. The van der Waals surface area contributed by atoms with E-state index in [1.54, 1.807) is 10.6 Å².